The van der Waals surface area contributed by atoms with Gasteiger partial charge in [-0.3, -0.25) is 0 Å². The van der Waals surface area contributed by atoms with E-state index in [2.05, 4.69) is 9.97 Å². The summed E-state index contributed by atoms with van der Waals surface area (Å²) in [6, 6.07) is 5.31. The SMILES string of the molecule is O=C(O)COc1cccc2[nH]cnc12. The number of aliphatic carboxylic acids is 1. The van der Waals surface area contributed by atoms with Gasteiger partial charge in [0.05, 0.1) is 11.8 Å². The number of imidazole rings is 1. The fourth-order valence-electron chi connectivity index (χ4n) is 1.19. The standard InChI is InChI=1S/C9H8N2O3/c12-8(13)4-14-7-3-1-2-6-9(7)11-5-10-6/h1-3,5H,4H2,(H,10,11)(H,12,13). The van der Waals surface area contributed by atoms with E-state index in [1.54, 1.807) is 12.1 Å². The highest BCUT2D eigenvalue weighted by Crippen LogP contribution is 2.21. The molecule has 1 aromatic heterocycles. The molecule has 1 heterocycles. The summed E-state index contributed by atoms with van der Waals surface area (Å²) in [7, 11) is 0. The van der Waals surface area contributed by atoms with Crippen LogP contribution in [0.1, 0.15) is 0 Å². The zero-order valence-corrected chi connectivity index (χ0v) is 7.23. The summed E-state index contributed by atoms with van der Waals surface area (Å²) in [6.45, 7) is -0.355. The zero-order chi connectivity index (χ0) is 9.97. The van der Waals surface area contributed by atoms with Crippen LogP contribution in [-0.2, 0) is 4.79 Å². The van der Waals surface area contributed by atoms with Crippen LogP contribution in [0, 0.1) is 0 Å². The molecule has 0 aliphatic rings. The van der Waals surface area contributed by atoms with E-state index in [9.17, 15) is 4.79 Å². The molecule has 0 fully saturated rings. The number of fused-ring (bicyclic) bond motifs is 1. The smallest absolute Gasteiger partial charge is 0.341 e. The number of carboxylic acids is 1. The Morgan fingerprint density at radius 2 is 2.43 bits per heavy atom. The number of ether oxygens (including phenoxy) is 1. The molecule has 72 valence electrons. The lowest BCUT2D eigenvalue weighted by molar-refractivity contribution is -0.139. The molecule has 2 aromatic rings. The third-order valence-corrected chi connectivity index (χ3v) is 1.76. The Labute approximate surface area is 79.3 Å². The first-order valence-corrected chi connectivity index (χ1v) is 4.04. The van der Waals surface area contributed by atoms with Crippen molar-refractivity contribution in [2.45, 2.75) is 0 Å². The normalized spacial score (nSPS) is 10.3. The zero-order valence-electron chi connectivity index (χ0n) is 7.23. The van der Waals surface area contributed by atoms with Gasteiger partial charge in [0.1, 0.15) is 11.3 Å². The first-order valence-electron chi connectivity index (χ1n) is 4.04. The topological polar surface area (TPSA) is 75.2 Å². The Balaban J connectivity index is 2.32. The number of hydrogen-bond donors (Lipinski definition) is 2. The largest absolute Gasteiger partial charge is 0.480 e. The minimum absolute atomic E-state index is 0.355. The van der Waals surface area contributed by atoms with Crippen LogP contribution in [-0.4, -0.2) is 27.7 Å². The van der Waals surface area contributed by atoms with E-state index in [1.807, 2.05) is 6.07 Å². The average Bonchev–Trinajstić information content (AvgIpc) is 2.62. The van der Waals surface area contributed by atoms with Crippen LogP contribution < -0.4 is 4.74 Å². The summed E-state index contributed by atoms with van der Waals surface area (Å²) in [5, 5.41) is 8.44. The second-order valence-corrected chi connectivity index (χ2v) is 2.74. The van der Waals surface area contributed by atoms with Crippen LogP contribution in [0.15, 0.2) is 24.5 Å². The summed E-state index contributed by atoms with van der Waals surface area (Å²) in [4.78, 5) is 17.2. The lowest BCUT2D eigenvalue weighted by Crippen LogP contribution is -2.09. The average molecular weight is 192 g/mol. The molecule has 0 bridgehead atoms. The van der Waals surface area contributed by atoms with Gasteiger partial charge in [0.2, 0.25) is 0 Å². The van der Waals surface area contributed by atoms with Crippen molar-refractivity contribution in [3.8, 4) is 5.75 Å². The van der Waals surface area contributed by atoms with Gasteiger partial charge in [-0.05, 0) is 12.1 Å². The molecule has 0 radical (unpaired) electrons. The van der Waals surface area contributed by atoms with Crippen LogP contribution in [0.2, 0.25) is 0 Å². The summed E-state index contributed by atoms with van der Waals surface area (Å²) in [6.07, 6.45) is 1.54. The lowest BCUT2D eigenvalue weighted by Gasteiger charge is -2.02. The maximum atomic E-state index is 10.3. The first-order chi connectivity index (χ1) is 6.77. The molecule has 2 rings (SSSR count). The van der Waals surface area contributed by atoms with Crippen molar-refractivity contribution in [1.82, 2.24) is 9.97 Å². The van der Waals surface area contributed by atoms with Crippen LogP contribution in [0.4, 0.5) is 0 Å². The predicted molar refractivity (Wildman–Crippen MR) is 49.2 cm³/mol. The van der Waals surface area contributed by atoms with Crippen molar-refractivity contribution >= 4 is 17.0 Å². The molecule has 1 aromatic carbocycles. The molecule has 2 N–H and O–H groups in total. The van der Waals surface area contributed by atoms with Crippen molar-refractivity contribution in [3.63, 3.8) is 0 Å². The number of nitrogens with one attached hydrogen (secondary N) is 1. The number of carbonyl (C=O) groups is 1. The maximum absolute atomic E-state index is 10.3. The molecule has 14 heavy (non-hydrogen) atoms. The molecule has 0 spiro atoms. The van der Waals surface area contributed by atoms with E-state index in [1.165, 1.54) is 6.33 Å². The number of rotatable bonds is 3. The Morgan fingerprint density at radius 3 is 3.21 bits per heavy atom. The molecular formula is C9H8N2O3. The molecule has 0 atom stereocenters. The number of nitrogens with zero attached hydrogens (tertiary/aromatic N) is 1. The van der Waals surface area contributed by atoms with E-state index in [0.717, 1.165) is 5.52 Å². The molecular weight excluding hydrogens is 184 g/mol. The van der Waals surface area contributed by atoms with Crippen molar-refractivity contribution in [1.29, 1.82) is 0 Å². The van der Waals surface area contributed by atoms with Gasteiger partial charge in [0.15, 0.2) is 6.61 Å². The van der Waals surface area contributed by atoms with Gasteiger partial charge in [0, 0.05) is 0 Å². The number of aromatic amines is 1. The molecule has 5 nitrogen and oxygen atoms in total. The van der Waals surface area contributed by atoms with Gasteiger partial charge in [-0.1, -0.05) is 6.07 Å². The van der Waals surface area contributed by atoms with Crippen LogP contribution in [0.3, 0.4) is 0 Å². The highest BCUT2D eigenvalue weighted by Gasteiger charge is 2.05. The summed E-state index contributed by atoms with van der Waals surface area (Å²) in [5.41, 5.74) is 1.47. The van der Waals surface area contributed by atoms with E-state index in [-0.39, 0.29) is 6.61 Å². The number of carboxylic acid groups (broad SMARTS) is 1. The Morgan fingerprint density at radius 1 is 1.57 bits per heavy atom. The molecule has 0 aliphatic heterocycles. The summed E-state index contributed by atoms with van der Waals surface area (Å²) < 4.78 is 5.06. The first kappa shape index (κ1) is 8.55. The molecule has 0 unspecified atom stereocenters. The van der Waals surface area contributed by atoms with Gasteiger partial charge in [-0.15, -0.1) is 0 Å². The van der Waals surface area contributed by atoms with Crippen molar-refractivity contribution in [2.75, 3.05) is 6.61 Å². The lowest BCUT2D eigenvalue weighted by atomic mass is 10.3. The van der Waals surface area contributed by atoms with Crippen LogP contribution >= 0.6 is 0 Å². The second kappa shape index (κ2) is 3.37. The second-order valence-electron chi connectivity index (χ2n) is 2.74. The number of aromatic nitrogens is 2. The quantitative estimate of drug-likeness (QED) is 0.761. The molecule has 0 amide bonds. The van der Waals surface area contributed by atoms with Crippen molar-refractivity contribution < 1.29 is 14.6 Å². The summed E-state index contributed by atoms with van der Waals surface area (Å²) >= 11 is 0. The predicted octanol–water partition coefficient (Wildman–Crippen LogP) is 1.03. The third-order valence-electron chi connectivity index (χ3n) is 1.76. The number of benzene rings is 1. The molecule has 5 heteroatoms. The van der Waals surface area contributed by atoms with Gasteiger partial charge in [0.25, 0.3) is 0 Å². The fraction of sp³-hybridized carbons (Fsp3) is 0.111. The Kier molecular flexibility index (Phi) is 2.06. The third kappa shape index (κ3) is 1.52. The Hall–Kier alpha value is -2.04. The van der Waals surface area contributed by atoms with Crippen molar-refractivity contribution in [3.05, 3.63) is 24.5 Å². The monoisotopic (exact) mass is 192 g/mol. The summed E-state index contributed by atoms with van der Waals surface area (Å²) in [5.74, 6) is -0.524. The minimum atomic E-state index is -1.00. The number of para-hydroxylation sites is 1. The minimum Gasteiger partial charge on any atom is -0.480 e. The van der Waals surface area contributed by atoms with E-state index in [0.29, 0.717) is 11.3 Å². The van der Waals surface area contributed by atoms with Gasteiger partial charge in [-0.2, -0.15) is 0 Å². The van der Waals surface area contributed by atoms with Gasteiger partial charge < -0.3 is 14.8 Å². The van der Waals surface area contributed by atoms with Crippen LogP contribution in [0.25, 0.3) is 11.0 Å². The maximum Gasteiger partial charge on any atom is 0.341 e. The molecule has 0 saturated heterocycles. The van der Waals surface area contributed by atoms with Gasteiger partial charge >= 0.3 is 5.97 Å². The Bertz CT molecular complexity index is 464. The fourth-order valence-corrected chi connectivity index (χ4v) is 1.19. The van der Waals surface area contributed by atoms with E-state index < -0.39 is 5.97 Å². The van der Waals surface area contributed by atoms with Gasteiger partial charge in [-0.25, -0.2) is 9.78 Å². The van der Waals surface area contributed by atoms with Crippen molar-refractivity contribution in [2.24, 2.45) is 0 Å². The number of H-pyrrole nitrogens is 1. The number of hydrogen-bond acceptors (Lipinski definition) is 3. The molecule has 0 saturated carbocycles. The van der Waals surface area contributed by atoms with E-state index in [4.69, 9.17) is 9.84 Å². The molecule has 0 aliphatic carbocycles. The van der Waals surface area contributed by atoms with Crippen LogP contribution in [0.5, 0.6) is 5.75 Å². The highest BCUT2D eigenvalue weighted by molar-refractivity contribution is 5.81. The highest BCUT2D eigenvalue weighted by atomic mass is 16.5. The van der Waals surface area contributed by atoms with E-state index >= 15 is 0 Å².